The molecule has 0 bridgehead atoms. The predicted molar refractivity (Wildman–Crippen MR) is 47.3 cm³/mol. The molecule has 13 heavy (non-hydrogen) atoms. The topological polar surface area (TPSA) is 83.8 Å². The molecular formula is C7H13O5P. The van der Waals surface area contributed by atoms with E-state index in [-0.39, 0.29) is 12.6 Å². The van der Waals surface area contributed by atoms with Gasteiger partial charge in [-0.05, 0) is 6.92 Å². The van der Waals surface area contributed by atoms with E-state index in [4.69, 9.17) is 9.79 Å². The molecule has 0 amide bonds. The first-order valence-electron chi connectivity index (χ1n) is 3.62. The number of allylic oxidation sites excluding steroid dienone is 1. The van der Waals surface area contributed by atoms with Crippen LogP contribution >= 0.6 is 7.60 Å². The summed E-state index contributed by atoms with van der Waals surface area (Å²) in [5.41, 5.74) is 0.485. The van der Waals surface area contributed by atoms with Crippen LogP contribution in [0.25, 0.3) is 0 Å². The zero-order chi connectivity index (χ0) is 10.5. The number of carbonyl (C=O) groups excluding carboxylic acids is 1. The van der Waals surface area contributed by atoms with E-state index in [2.05, 4.69) is 4.74 Å². The molecule has 76 valence electrons. The molecule has 0 aromatic heterocycles. The maximum atomic E-state index is 10.6. The van der Waals surface area contributed by atoms with Crippen LogP contribution < -0.4 is 0 Å². The molecule has 0 aromatic rings. The monoisotopic (exact) mass is 208 g/mol. The summed E-state index contributed by atoms with van der Waals surface area (Å²) in [6.45, 7) is 1.56. The van der Waals surface area contributed by atoms with E-state index in [9.17, 15) is 9.36 Å². The van der Waals surface area contributed by atoms with Crippen molar-refractivity contribution in [1.29, 1.82) is 0 Å². The molecule has 0 unspecified atom stereocenters. The van der Waals surface area contributed by atoms with Gasteiger partial charge in [0, 0.05) is 0 Å². The summed E-state index contributed by atoms with van der Waals surface area (Å²) >= 11 is 0. The zero-order valence-corrected chi connectivity index (χ0v) is 8.45. The van der Waals surface area contributed by atoms with Crippen molar-refractivity contribution in [2.24, 2.45) is 0 Å². The van der Waals surface area contributed by atoms with Crippen molar-refractivity contribution < 1.29 is 23.9 Å². The van der Waals surface area contributed by atoms with Gasteiger partial charge < -0.3 is 14.5 Å². The third-order valence-electron chi connectivity index (χ3n) is 1.30. The normalized spacial score (nSPS) is 12.8. The van der Waals surface area contributed by atoms with E-state index >= 15 is 0 Å². The smallest absolute Gasteiger partial charge is 0.329 e. The maximum absolute atomic E-state index is 10.6. The molecule has 0 saturated carbocycles. The first-order valence-corrected chi connectivity index (χ1v) is 5.42. The second kappa shape index (κ2) is 5.17. The number of methoxy groups -OCH3 is 1. The molecule has 0 rings (SSSR count). The average molecular weight is 208 g/mol. The average Bonchev–Trinajstić information content (AvgIpc) is 1.97. The highest BCUT2D eigenvalue weighted by Gasteiger charge is 2.13. The molecule has 0 aliphatic rings. The Bertz CT molecular complexity index is 252. The second-order valence-corrected chi connectivity index (χ2v) is 4.30. The molecule has 0 radical (unpaired) electrons. The Hall–Kier alpha value is -0.640. The Morgan fingerprint density at radius 2 is 2.08 bits per heavy atom. The number of carbonyl (C=O) groups is 1. The van der Waals surface area contributed by atoms with Crippen LogP contribution in [-0.2, 0) is 14.1 Å². The Labute approximate surface area is 76.6 Å². The Morgan fingerprint density at radius 1 is 1.54 bits per heavy atom. The number of hydrogen-bond donors (Lipinski definition) is 2. The van der Waals surface area contributed by atoms with Gasteiger partial charge >= 0.3 is 13.6 Å². The molecule has 5 nitrogen and oxygen atoms in total. The Balaban J connectivity index is 4.04. The summed E-state index contributed by atoms with van der Waals surface area (Å²) in [5.74, 6) is -0.426. The molecule has 0 fully saturated rings. The van der Waals surface area contributed by atoms with Crippen molar-refractivity contribution >= 4 is 13.6 Å². The molecule has 0 heterocycles. The van der Waals surface area contributed by atoms with Gasteiger partial charge in [-0.15, -0.1) is 0 Å². The standard InChI is InChI=1S/C7H13O5P/c1-6(5-13(9,10)11)3-4-7(8)12-2/h3H,4-5H2,1-2H3,(H2,9,10,11)/b6-3+. The van der Waals surface area contributed by atoms with Crippen LogP contribution in [0.2, 0.25) is 0 Å². The van der Waals surface area contributed by atoms with E-state index in [1.54, 1.807) is 6.92 Å². The van der Waals surface area contributed by atoms with Gasteiger partial charge in [0.25, 0.3) is 0 Å². The van der Waals surface area contributed by atoms with E-state index in [1.807, 2.05) is 0 Å². The molecule has 0 saturated heterocycles. The lowest BCUT2D eigenvalue weighted by molar-refractivity contribution is -0.139. The van der Waals surface area contributed by atoms with Crippen molar-refractivity contribution in [2.75, 3.05) is 13.3 Å². The highest BCUT2D eigenvalue weighted by molar-refractivity contribution is 7.52. The fourth-order valence-corrected chi connectivity index (χ4v) is 1.51. The third-order valence-corrected chi connectivity index (χ3v) is 2.21. The van der Waals surface area contributed by atoms with E-state index in [1.165, 1.54) is 13.2 Å². The summed E-state index contributed by atoms with van der Waals surface area (Å²) in [5, 5.41) is 0. The van der Waals surface area contributed by atoms with Crippen LogP contribution in [0.15, 0.2) is 11.6 Å². The maximum Gasteiger partial charge on any atom is 0.329 e. The van der Waals surface area contributed by atoms with Gasteiger partial charge in [0.1, 0.15) is 0 Å². The van der Waals surface area contributed by atoms with Gasteiger partial charge in [0.2, 0.25) is 0 Å². The number of esters is 1. The summed E-state index contributed by atoms with van der Waals surface area (Å²) < 4.78 is 14.8. The second-order valence-electron chi connectivity index (χ2n) is 2.65. The minimum absolute atomic E-state index is 0.0440. The summed E-state index contributed by atoms with van der Waals surface area (Å²) in [4.78, 5) is 27.8. The van der Waals surface area contributed by atoms with E-state index in [0.717, 1.165) is 0 Å². The lowest BCUT2D eigenvalue weighted by atomic mass is 10.3. The molecule has 2 N–H and O–H groups in total. The lowest BCUT2D eigenvalue weighted by Gasteiger charge is -2.03. The molecule has 0 aliphatic heterocycles. The van der Waals surface area contributed by atoms with Crippen LogP contribution in [0.5, 0.6) is 0 Å². The van der Waals surface area contributed by atoms with Gasteiger partial charge in [-0.2, -0.15) is 0 Å². The van der Waals surface area contributed by atoms with Crippen LogP contribution in [0.4, 0.5) is 0 Å². The fraction of sp³-hybridized carbons (Fsp3) is 0.571. The van der Waals surface area contributed by atoms with Crippen LogP contribution in [0.3, 0.4) is 0 Å². The number of hydrogen-bond acceptors (Lipinski definition) is 3. The fourth-order valence-electron chi connectivity index (χ4n) is 0.730. The van der Waals surface area contributed by atoms with Gasteiger partial charge in [0.05, 0.1) is 19.7 Å². The Morgan fingerprint density at radius 3 is 2.46 bits per heavy atom. The van der Waals surface area contributed by atoms with Crippen molar-refractivity contribution in [1.82, 2.24) is 0 Å². The largest absolute Gasteiger partial charge is 0.469 e. The molecule has 0 aromatic carbocycles. The molecule has 0 aliphatic carbocycles. The van der Waals surface area contributed by atoms with Gasteiger partial charge in [-0.1, -0.05) is 11.6 Å². The van der Waals surface area contributed by atoms with Crippen molar-refractivity contribution in [3.8, 4) is 0 Å². The minimum atomic E-state index is -4.01. The van der Waals surface area contributed by atoms with Crippen molar-refractivity contribution in [2.45, 2.75) is 13.3 Å². The van der Waals surface area contributed by atoms with Crippen molar-refractivity contribution in [3.63, 3.8) is 0 Å². The van der Waals surface area contributed by atoms with Crippen LogP contribution in [-0.4, -0.2) is 29.0 Å². The first-order chi connectivity index (χ1) is 5.85. The molecule has 6 heteroatoms. The van der Waals surface area contributed by atoms with Crippen LogP contribution in [0.1, 0.15) is 13.3 Å². The molecule has 0 atom stereocenters. The highest BCUT2D eigenvalue weighted by Crippen LogP contribution is 2.36. The van der Waals surface area contributed by atoms with E-state index in [0.29, 0.717) is 5.57 Å². The summed E-state index contributed by atoms with van der Waals surface area (Å²) in [6.07, 6.45) is 1.18. The summed E-state index contributed by atoms with van der Waals surface area (Å²) in [7, 11) is -2.75. The molecule has 0 spiro atoms. The lowest BCUT2D eigenvalue weighted by Crippen LogP contribution is -1.98. The highest BCUT2D eigenvalue weighted by atomic mass is 31.2. The van der Waals surface area contributed by atoms with Crippen LogP contribution in [0, 0.1) is 0 Å². The predicted octanol–water partition coefficient (Wildman–Crippen LogP) is 0.673. The van der Waals surface area contributed by atoms with E-state index < -0.39 is 13.6 Å². The summed E-state index contributed by atoms with van der Waals surface area (Å²) in [6, 6.07) is 0. The quantitative estimate of drug-likeness (QED) is 0.403. The van der Waals surface area contributed by atoms with Crippen molar-refractivity contribution in [3.05, 3.63) is 11.6 Å². The number of rotatable bonds is 4. The molecular weight excluding hydrogens is 195 g/mol. The number of ether oxygens (including phenoxy) is 1. The van der Waals surface area contributed by atoms with Gasteiger partial charge in [-0.25, -0.2) is 0 Å². The zero-order valence-electron chi connectivity index (χ0n) is 7.56. The Kier molecular flexibility index (Phi) is 4.91. The third kappa shape index (κ3) is 7.71. The minimum Gasteiger partial charge on any atom is -0.469 e. The SMILES string of the molecule is COC(=O)C/C=C(\C)CP(=O)(O)O. The van der Waals surface area contributed by atoms with Gasteiger partial charge in [-0.3, -0.25) is 9.36 Å². The van der Waals surface area contributed by atoms with Gasteiger partial charge in [0.15, 0.2) is 0 Å². The first kappa shape index (κ1) is 12.4.